The highest BCUT2D eigenvalue weighted by atomic mass is 35.5. The standard InChI is InChI=1S/C18H16ClF5N2O4S/c1-10-14(3-2-4-15(10)30-17(20)21)26-16(27)7-8-25-31(28,29)11-5-6-13(19)12(9-11)18(22,23)24/h2-6,9,17,25H,7-8H2,1H3,(H,26,27). The van der Waals surface area contributed by atoms with Gasteiger partial charge in [-0.3, -0.25) is 4.79 Å². The number of anilines is 1. The zero-order valence-electron chi connectivity index (χ0n) is 15.8. The summed E-state index contributed by atoms with van der Waals surface area (Å²) >= 11 is 5.47. The van der Waals surface area contributed by atoms with Gasteiger partial charge in [0.05, 0.1) is 15.5 Å². The molecule has 2 rings (SSSR count). The molecule has 6 nitrogen and oxygen atoms in total. The lowest BCUT2D eigenvalue weighted by Gasteiger charge is -2.13. The third-order valence-corrected chi connectivity index (χ3v) is 5.76. The van der Waals surface area contributed by atoms with Gasteiger partial charge in [0.1, 0.15) is 5.75 Å². The number of sulfonamides is 1. The minimum Gasteiger partial charge on any atom is -0.434 e. The molecule has 0 fully saturated rings. The van der Waals surface area contributed by atoms with Gasteiger partial charge < -0.3 is 10.1 Å². The average molecular weight is 487 g/mol. The van der Waals surface area contributed by atoms with Crippen LogP contribution in [0.5, 0.6) is 5.75 Å². The molecule has 0 heterocycles. The fourth-order valence-corrected chi connectivity index (χ4v) is 3.74. The lowest BCUT2D eigenvalue weighted by molar-refractivity contribution is -0.137. The zero-order chi connectivity index (χ0) is 23.4. The van der Waals surface area contributed by atoms with Crippen molar-refractivity contribution in [3.05, 3.63) is 52.5 Å². The molecule has 2 aromatic rings. The number of carbonyl (C=O) groups is 1. The van der Waals surface area contributed by atoms with Crippen LogP contribution in [0, 0.1) is 6.92 Å². The SMILES string of the molecule is Cc1c(NC(=O)CCNS(=O)(=O)c2ccc(Cl)c(C(F)(F)F)c2)cccc1OC(F)F. The lowest BCUT2D eigenvalue weighted by Crippen LogP contribution is -2.28. The average Bonchev–Trinajstić information content (AvgIpc) is 2.63. The first-order chi connectivity index (χ1) is 14.3. The van der Waals surface area contributed by atoms with Crippen molar-refractivity contribution in [1.29, 1.82) is 0 Å². The fourth-order valence-electron chi connectivity index (χ4n) is 2.46. The van der Waals surface area contributed by atoms with Crippen molar-refractivity contribution < 1.29 is 39.9 Å². The van der Waals surface area contributed by atoms with Gasteiger partial charge in [-0.15, -0.1) is 0 Å². The van der Waals surface area contributed by atoms with Crippen LogP contribution < -0.4 is 14.8 Å². The van der Waals surface area contributed by atoms with Crippen LogP contribution in [0.25, 0.3) is 0 Å². The second kappa shape index (κ2) is 9.79. The van der Waals surface area contributed by atoms with Gasteiger partial charge in [-0.05, 0) is 37.3 Å². The van der Waals surface area contributed by atoms with E-state index in [1.807, 2.05) is 4.72 Å². The number of halogens is 6. The first-order valence-electron chi connectivity index (χ1n) is 8.52. The summed E-state index contributed by atoms with van der Waals surface area (Å²) in [7, 11) is -4.35. The molecule has 0 aliphatic carbocycles. The van der Waals surface area contributed by atoms with E-state index in [0.29, 0.717) is 6.07 Å². The topological polar surface area (TPSA) is 84.5 Å². The summed E-state index contributed by atoms with van der Waals surface area (Å²) in [5, 5.41) is 1.77. The molecule has 0 spiro atoms. The van der Waals surface area contributed by atoms with Crippen molar-refractivity contribution in [2.24, 2.45) is 0 Å². The van der Waals surface area contributed by atoms with Gasteiger partial charge in [-0.25, -0.2) is 13.1 Å². The zero-order valence-corrected chi connectivity index (χ0v) is 17.3. The number of alkyl halides is 5. The molecule has 0 radical (unpaired) electrons. The fraction of sp³-hybridized carbons (Fsp3) is 0.278. The van der Waals surface area contributed by atoms with Gasteiger partial charge in [-0.2, -0.15) is 22.0 Å². The highest BCUT2D eigenvalue weighted by Gasteiger charge is 2.34. The number of ether oxygens (including phenoxy) is 1. The summed E-state index contributed by atoms with van der Waals surface area (Å²) in [4.78, 5) is 11.4. The molecule has 0 saturated carbocycles. The number of nitrogens with one attached hydrogen (secondary N) is 2. The van der Waals surface area contributed by atoms with E-state index in [4.69, 9.17) is 11.6 Å². The van der Waals surface area contributed by atoms with E-state index < -0.39 is 50.7 Å². The molecule has 13 heteroatoms. The predicted octanol–water partition coefficient (Wildman–Crippen LogP) is 4.58. The third kappa shape index (κ3) is 6.77. The molecular formula is C18H16ClF5N2O4S. The van der Waals surface area contributed by atoms with Gasteiger partial charge >= 0.3 is 12.8 Å². The van der Waals surface area contributed by atoms with E-state index in [1.54, 1.807) is 0 Å². The van der Waals surface area contributed by atoms with Gasteiger partial charge in [0.2, 0.25) is 15.9 Å². The van der Waals surface area contributed by atoms with Crippen molar-refractivity contribution in [2.75, 3.05) is 11.9 Å². The van der Waals surface area contributed by atoms with E-state index in [0.717, 1.165) is 12.1 Å². The molecule has 170 valence electrons. The minimum absolute atomic E-state index is 0.142. The maximum Gasteiger partial charge on any atom is 0.417 e. The molecule has 1 amide bonds. The molecule has 0 aliphatic heterocycles. The Bertz CT molecular complexity index is 1060. The van der Waals surface area contributed by atoms with Crippen LogP contribution in [0.4, 0.5) is 27.6 Å². The van der Waals surface area contributed by atoms with Crippen LogP contribution in [0.15, 0.2) is 41.3 Å². The van der Waals surface area contributed by atoms with Crippen LogP contribution in [-0.2, 0) is 21.0 Å². The smallest absolute Gasteiger partial charge is 0.417 e. The predicted molar refractivity (Wildman–Crippen MR) is 103 cm³/mol. The quantitative estimate of drug-likeness (QED) is 0.535. The Morgan fingerprint density at radius 3 is 2.48 bits per heavy atom. The highest BCUT2D eigenvalue weighted by molar-refractivity contribution is 7.89. The largest absolute Gasteiger partial charge is 0.434 e. The first kappa shape index (κ1) is 24.8. The Labute approximate surface area is 179 Å². The summed E-state index contributed by atoms with van der Waals surface area (Å²) in [6, 6.07) is 6.19. The molecule has 0 atom stereocenters. The minimum atomic E-state index is -4.84. The lowest BCUT2D eigenvalue weighted by atomic mass is 10.1. The number of amides is 1. The van der Waals surface area contributed by atoms with Crippen molar-refractivity contribution in [3.63, 3.8) is 0 Å². The number of carbonyl (C=O) groups excluding carboxylic acids is 1. The molecule has 31 heavy (non-hydrogen) atoms. The Kier molecular flexibility index (Phi) is 7.84. The van der Waals surface area contributed by atoms with Gasteiger partial charge in [0, 0.05) is 24.2 Å². The molecule has 0 unspecified atom stereocenters. The van der Waals surface area contributed by atoms with E-state index in [9.17, 15) is 35.2 Å². The molecule has 0 bridgehead atoms. The monoisotopic (exact) mass is 486 g/mol. The number of hydrogen-bond donors (Lipinski definition) is 2. The molecule has 2 N–H and O–H groups in total. The second-order valence-electron chi connectivity index (χ2n) is 6.14. The van der Waals surface area contributed by atoms with Crippen LogP contribution in [0.1, 0.15) is 17.5 Å². The van der Waals surface area contributed by atoms with Crippen LogP contribution in [0.3, 0.4) is 0 Å². The van der Waals surface area contributed by atoms with Crippen LogP contribution >= 0.6 is 11.6 Å². The van der Waals surface area contributed by atoms with Gasteiger partial charge in [0.25, 0.3) is 0 Å². The van der Waals surface area contributed by atoms with E-state index >= 15 is 0 Å². The second-order valence-corrected chi connectivity index (χ2v) is 8.32. The van der Waals surface area contributed by atoms with E-state index in [1.165, 1.54) is 25.1 Å². The molecule has 0 aromatic heterocycles. The van der Waals surface area contributed by atoms with Crippen molar-refractivity contribution in [2.45, 2.75) is 31.0 Å². The summed E-state index contributed by atoms with van der Waals surface area (Å²) in [6.07, 6.45) is -5.22. The Balaban J connectivity index is 2.01. The number of hydrogen-bond acceptors (Lipinski definition) is 4. The highest BCUT2D eigenvalue weighted by Crippen LogP contribution is 2.35. The van der Waals surface area contributed by atoms with Gasteiger partial charge in [0.15, 0.2) is 0 Å². The maximum atomic E-state index is 12.9. The molecular weight excluding hydrogens is 471 g/mol. The van der Waals surface area contributed by atoms with Crippen molar-refractivity contribution >= 4 is 33.2 Å². The third-order valence-electron chi connectivity index (χ3n) is 3.97. The molecule has 0 aliphatic rings. The number of rotatable bonds is 8. The first-order valence-corrected chi connectivity index (χ1v) is 10.4. The summed E-state index contributed by atoms with van der Waals surface area (Å²) in [5.41, 5.74) is -0.896. The Morgan fingerprint density at radius 1 is 1.19 bits per heavy atom. The van der Waals surface area contributed by atoms with E-state index in [2.05, 4.69) is 10.1 Å². The summed E-state index contributed by atoms with van der Waals surface area (Å²) < 4.78 is 94.3. The maximum absolute atomic E-state index is 12.9. The summed E-state index contributed by atoms with van der Waals surface area (Å²) in [5.74, 6) is -0.802. The Hall–Kier alpha value is -2.44. The molecule has 0 saturated heterocycles. The summed E-state index contributed by atoms with van der Waals surface area (Å²) in [6.45, 7) is -2.04. The van der Waals surface area contributed by atoms with Crippen LogP contribution in [-0.4, -0.2) is 27.5 Å². The van der Waals surface area contributed by atoms with Crippen molar-refractivity contribution in [3.8, 4) is 5.75 Å². The van der Waals surface area contributed by atoms with Crippen LogP contribution in [0.2, 0.25) is 5.02 Å². The van der Waals surface area contributed by atoms with E-state index in [-0.39, 0.29) is 23.4 Å². The molecule has 2 aromatic carbocycles. The Morgan fingerprint density at radius 2 is 1.87 bits per heavy atom. The number of benzene rings is 2. The van der Waals surface area contributed by atoms with Crippen molar-refractivity contribution in [1.82, 2.24) is 4.72 Å². The van der Waals surface area contributed by atoms with Gasteiger partial charge in [-0.1, -0.05) is 17.7 Å². The normalized spacial score (nSPS) is 12.1.